The van der Waals surface area contributed by atoms with Gasteiger partial charge in [0.05, 0.1) is 5.92 Å². The largest absolute Gasteiger partial charge is 0.481 e. The van der Waals surface area contributed by atoms with Crippen molar-refractivity contribution in [1.82, 2.24) is 5.32 Å². The van der Waals surface area contributed by atoms with E-state index in [0.717, 1.165) is 19.4 Å². The molecule has 2 rings (SSSR count). The van der Waals surface area contributed by atoms with Gasteiger partial charge in [-0.1, -0.05) is 0 Å². The summed E-state index contributed by atoms with van der Waals surface area (Å²) in [4.78, 5) is 10.7. The molecule has 0 spiro atoms. The van der Waals surface area contributed by atoms with Crippen molar-refractivity contribution in [3.05, 3.63) is 0 Å². The van der Waals surface area contributed by atoms with Gasteiger partial charge in [-0.25, -0.2) is 0 Å². The van der Waals surface area contributed by atoms with Gasteiger partial charge in [0.1, 0.15) is 0 Å². The molecule has 1 heterocycles. The normalized spacial score (nSPS) is 42.4. The summed E-state index contributed by atoms with van der Waals surface area (Å²) in [7, 11) is 0. The van der Waals surface area contributed by atoms with Crippen LogP contribution in [0.25, 0.3) is 0 Å². The molecular formula is C8H13NO2. The van der Waals surface area contributed by atoms with E-state index in [-0.39, 0.29) is 5.92 Å². The van der Waals surface area contributed by atoms with Crippen molar-refractivity contribution < 1.29 is 9.90 Å². The Labute approximate surface area is 65.8 Å². The van der Waals surface area contributed by atoms with Crippen LogP contribution in [-0.2, 0) is 4.79 Å². The minimum absolute atomic E-state index is 0.0602. The van der Waals surface area contributed by atoms with Crippen molar-refractivity contribution in [3.63, 3.8) is 0 Å². The van der Waals surface area contributed by atoms with E-state index in [0.29, 0.717) is 12.0 Å². The van der Waals surface area contributed by atoms with E-state index in [1.807, 2.05) is 0 Å². The van der Waals surface area contributed by atoms with Crippen LogP contribution in [0.3, 0.4) is 0 Å². The third kappa shape index (κ3) is 1.03. The van der Waals surface area contributed by atoms with E-state index in [9.17, 15) is 4.79 Å². The Balaban J connectivity index is 2.03. The Kier molecular flexibility index (Phi) is 1.60. The molecule has 1 saturated carbocycles. The summed E-state index contributed by atoms with van der Waals surface area (Å²) in [6.07, 6.45) is 3.10. The van der Waals surface area contributed by atoms with Crippen molar-refractivity contribution in [2.45, 2.75) is 25.3 Å². The predicted octanol–water partition coefficient (Wildman–Crippen LogP) is 0.459. The van der Waals surface area contributed by atoms with E-state index < -0.39 is 5.97 Å². The summed E-state index contributed by atoms with van der Waals surface area (Å²) < 4.78 is 0. The second-order valence-electron chi connectivity index (χ2n) is 3.54. The molecule has 3 nitrogen and oxygen atoms in total. The Hall–Kier alpha value is -0.570. The van der Waals surface area contributed by atoms with E-state index in [4.69, 9.17) is 5.11 Å². The molecule has 3 heteroatoms. The molecular weight excluding hydrogens is 142 g/mol. The molecule has 0 radical (unpaired) electrons. The Morgan fingerprint density at radius 1 is 1.36 bits per heavy atom. The second kappa shape index (κ2) is 2.48. The zero-order valence-electron chi connectivity index (χ0n) is 6.42. The first-order valence-electron chi connectivity index (χ1n) is 4.25. The van der Waals surface area contributed by atoms with Gasteiger partial charge in [0, 0.05) is 6.04 Å². The van der Waals surface area contributed by atoms with Crippen LogP contribution in [0.4, 0.5) is 0 Å². The molecule has 1 aliphatic carbocycles. The number of carboxylic acid groups (broad SMARTS) is 1. The third-order valence-corrected chi connectivity index (χ3v) is 3.02. The molecule has 2 N–H and O–H groups in total. The molecule has 1 aliphatic heterocycles. The highest BCUT2D eigenvalue weighted by Crippen LogP contribution is 2.38. The van der Waals surface area contributed by atoms with Crippen LogP contribution in [0.5, 0.6) is 0 Å². The van der Waals surface area contributed by atoms with Gasteiger partial charge in [0.2, 0.25) is 0 Å². The highest BCUT2D eigenvalue weighted by molar-refractivity contribution is 5.70. The Bertz CT molecular complexity index is 181. The van der Waals surface area contributed by atoms with Crippen molar-refractivity contribution in [1.29, 1.82) is 0 Å². The van der Waals surface area contributed by atoms with E-state index in [2.05, 4.69) is 5.32 Å². The lowest BCUT2D eigenvalue weighted by Crippen LogP contribution is -2.54. The molecule has 0 aromatic heterocycles. The lowest BCUT2D eigenvalue weighted by atomic mass is 9.68. The molecule has 1 saturated heterocycles. The fourth-order valence-electron chi connectivity index (χ4n) is 2.21. The molecule has 2 aliphatic rings. The number of aliphatic carboxylic acids is 1. The standard InChI is InChI=1S/C8H13NO2/c10-8(11)6-3-4-9-7-2-1-5(6)7/h5-7,9H,1-4H2,(H,10,11). The molecule has 0 amide bonds. The number of fused-ring (bicyclic) bond motifs is 1. The van der Waals surface area contributed by atoms with Gasteiger partial charge in [-0.2, -0.15) is 0 Å². The van der Waals surface area contributed by atoms with Crippen molar-refractivity contribution in [2.75, 3.05) is 6.54 Å². The number of nitrogens with one attached hydrogen (secondary N) is 1. The quantitative estimate of drug-likeness (QED) is 0.578. The first kappa shape index (κ1) is 7.10. The average Bonchev–Trinajstić information content (AvgIpc) is 1.90. The monoisotopic (exact) mass is 155 g/mol. The van der Waals surface area contributed by atoms with E-state index in [1.54, 1.807) is 0 Å². The fraction of sp³-hybridized carbons (Fsp3) is 0.875. The summed E-state index contributed by atoms with van der Waals surface area (Å²) in [5.74, 6) is -0.225. The van der Waals surface area contributed by atoms with Gasteiger partial charge < -0.3 is 10.4 Å². The first-order valence-corrected chi connectivity index (χ1v) is 4.25. The number of hydrogen-bond acceptors (Lipinski definition) is 2. The maximum Gasteiger partial charge on any atom is 0.306 e. The maximum absolute atomic E-state index is 10.7. The van der Waals surface area contributed by atoms with E-state index >= 15 is 0 Å². The molecule has 11 heavy (non-hydrogen) atoms. The van der Waals surface area contributed by atoms with Crippen LogP contribution in [-0.4, -0.2) is 23.7 Å². The number of rotatable bonds is 1. The zero-order chi connectivity index (χ0) is 7.84. The smallest absolute Gasteiger partial charge is 0.306 e. The SMILES string of the molecule is O=C(O)C1CCNC2CCC21. The molecule has 3 unspecified atom stereocenters. The van der Waals surface area contributed by atoms with Gasteiger partial charge in [-0.05, 0) is 31.7 Å². The predicted molar refractivity (Wildman–Crippen MR) is 40.3 cm³/mol. The second-order valence-corrected chi connectivity index (χ2v) is 3.54. The van der Waals surface area contributed by atoms with Gasteiger partial charge in [-0.15, -0.1) is 0 Å². The molecule has 0 aromatic carbocycles. The summed E-state index contributed by atoms with van der Waals surface area (Å²) >= 11 is 0. The lowest BCUT2D eigenvalue weighted by Gasteiger charge is -2.44. The van der Waals surface area contributed by atoms with E-state index in [1.165, 1.54) is 6.42 Å². The minimum atomic E-state index is -0.596. The molecule has 2 fully saturated rings. The van der Waals surface area contributed by atoms with Crippen LogP contribution >= 0.6 is 0 Å². The van der Waals surface area contributed by atoms with Crippen molar-refractivity contribution in [2.24, 2.45) is 11.8 Å². The Morgan fingerprint density at radius 2 is 2.18 bits per heavy atom. The van der Waals surface area contributed by atoms with Crippen LogP contribution < -0.4 is 5.32 Å². The fourth-order valence-corrected chi connectivity index (χ4v) is 2.21. The van der Waals surface area contributed by atoms with Gasteiger partial charge in [-0.3, -0.25) is 4.79 Å². The van der Waals surface area contributed by atoms with Gasteiger partial charge >= 0.3 is 5.97 Å². The minimum Gasteiger partial charge on any atom is -0.481 e. The van der Waals surface area contributed by atoms with Crippen LogP contribution in [0.1, 0.15) is 19.3 Å². The Morgan fingerprint density at radius 3 is 2.64 bits per heavy atom. The molecule has 0 aromatic rings. The average molecular weight is 155 g/mol. The first-order chi connectivity index (χ1) is 5.29. The van der Waals surface area contributed by atoms with Crippen molar-refractivity contribution >= 4 is 5.97 Å². The zero-order valence-corrected chi connectivity index (χ0v) is 6.42. The van der Waals surface area contributed by atoms with Crippen LogP contribution in [0, 0.1) is 11.8 Å². The number of piperidine rings is 1. The summed E-state index contributed by atoms with van der Waals surface area (Å²) in [5.41, 5.74) is 0. The molecule has 62 valence electrons. The van der Waals surface area contributed by atoms with Gasteiger partial charge in [0.15, 0.2) is 0 Å². The van der Waals surface area contributed by atoms with Gasteiger partial charge in [0.25, 0.3) is 0 Å². The number of hydrogen-bond donors (Lipinski definition) is 2. The highest BCUT2D eigenvalue weighted by atomic mass is 16.4. The lowest BCUT2D eigenvalue weighted by molar-refractivity contribution is -0.147. The third-order valence-electron chi connectivity index (χ3n) is 3.02. The molecule has 0 bridgehead atoms. The number of carbonyl (C=O) groups is 1. The summed E-state index contributed by atoms with van der Waals surface area (Å²) in [6, 6.07) is 0.518. The topological polar surface area (TPSA) is 49.3 Å². The summed E-state index contributed by atoms with van der Waals surface area (Å²) in [5, 5.41) is 12.2. The molecule has 3 atom stereocenters. The number of carboxylic acids is 1. The summed E-state index contributed by atoms with van der Waals surface area (Å²) in [6.45, 7) is 0.887. The highest BCUT2D eigenvalue weighted by Gasteiger charge is 2.42. The van der Waals surface area contributed by atoms with Crippen LogP contribution in [0.15, 0.2) is 0 Å². The maximum atomic E-state index is 10.7. The van der Waals surface area contributed by atoms with Crippen LogP contribution in [0.2, 0.25) is 0 Å². The van der Waals surface area contributed by atoms with Crippen molar-refractivity contribution in [3.8, 4) is 0 Å².